The molecule has 6 heteroatoms. The number of hydrogen-bond donors (Lipinski definition) is 0. The van der Waals surface area contributed by atoms with Gasteiger partial charge in [-0.3, -0.25) is 0 Å². The van der Waals surface area contributed by atoms with Crippen LogP contribution in [0, 0.1) is 5.92 Å². The number of anilines is 1. The molecule has 0 radical (unpaired) electrons. The average molecular weight is 199 g/mol. The second kappa shape index (κ2) is 3.73. The van der Waals surface area contributed by atoms with E-state index >= 15 is 0 Å². The lowest BCUT2D eigenvalue weighted by molar-refractivity contribution is -0.113. The van der Waals surface area contributed by atoms with Crippen molar-refractivity contribution in [1.82, 2.24) is 10.2 Å². The number of aldehydes is 1. The summed E-state index contributed by atoms with van der Waals surface area (Å²) in [5.74, 6) is -0.492. The van der Waals surface area contributed by atoms with E-state index in [1.54, 1.807) is 4.90 Å². The summed E-state index contributed by atoms with van der Waals surface area (Å²) in [4.78, 5) is 12.1. The van der Waals surface area contributed by atoms with Crippen LogP contribution in [0.4, 0.5) is 10.4 Å². The van der Waals surface area contributed by atoms with Crippen molar-refractivity contribution in [3.05, 3.63) is 6.39 Å². The molecule has 0 aromatic carbocycles. The summed E-state index contributed by atoms with van der Waals surface area (Å²) in [5, 5.41) is 7.19. The number of aromatic nitrogens is 2. The average Bonchev–Trinajstić information content (AvgIpc) is 2.70. The number of rotatable bonds is 2. The Morgan fingerprint density at radius 3 is 3.14 bits per heavy atom. The van der Waals surface area contributed by atoms with Crippen molar-refractivity contribution in [3.63, 3.8) is 0 Å². The highest BCUT2D eigenvalue weighted by molar-refractivity contribution is 5.55. The van der Waals surface area contributed by atoms with E-state index in [0.717, 1.165) is 0 Å². The van der Waals surface area contributed by atoms with Gasteiger partial charge in [0.15, 0.2) is 0 Å². The molecule has 2 rings (SSSR count). The largest absolute Gasteiger partial charge is 0.411 e. The Bertz CT molecular complexity index is 304. The second-order valence-electron chi connectivity index (χ2n) is 3.27. The minimum atomic E-state index is -1.15. The van der Waals surface area contributed by atoms with Gasteiger partial charge in [-0.05, 0) is 6.42 Å². The molecule has 0 saturated carbocycles. The lowest BCUT2D eigenvalue weighted by Crippen LogP contribution is -2.42. The smallest absolute Gasteiger partial charge is 0.318 e. The maximum absolute atomic E-state index is 13.3. The van der Waals surface area contributed by atoms with Crippen LogP contribution in [0.2, 0.25) is 0 Å². The first-order chi connectivity index (χ1) is 6.81. The Hall–Kier alpha value is -1.46. The summed E-state index contributed by atoms with van der Waals surface area (Å²) >= 11 is 0. The van der Waals surface area contributed by atoms with Gasteiger partial charge < -0.3 is 14.1 Å². The summed E-state index contributed by atoms with van der Waals surface area (Å²) in [6, 6.07) is 0.317. The summed E-state index contributed by atoms with van der Waals surface area (Å²) in [6.45, 7) is 0.720. The molecule has 0 unspecified atom stereocenters. The van der Waals surface area contributed by atoms with Gasteiger partial charge in [-0.15, -0.1) is 5.10 Å². The van der Waals surface area contributed by atoms with Crippen LogP contribution in [-0.4, -0.2) is 35.7 Å². The van der Waals surface area contributed by atoms with E-state index in [2.05, 4.69) is 10.2 Å². The minimum absolute atomic E-state index is 0.144. The molecule has 2 atom stereocenters. The van der Waals surface area contributed by atoms with Gasteiger partial charge in [0.1, 0.15) is 12.5 Å². The van der Waals surface area contributed by atoms with Crippen LogP contribution in [0.5, 0.6) is 0 Å². The summed E-state index contributed by atoms with van der Waals surface area (Å²) in [5.41, 5.74) is 0. The second-order valence-corrected chi connectivity index (χ2v) is 3.27. The number of hydrogen-bond acceptors (Lipinski definition) is 5. The molecule has 1 aliphatic rings. The predicted octanol–water partition coefficient (Wildman–Crippen LogP) is 0.433. The number of piperidine rings is 1. The van der Waals surface area contributed by atoms with Gasteiger partial charge in [0.2, 0.25) is 6.39 Å². The number of carbonyl (C=O) groups excluding carboxylic acids is 1. The third kappa shape index (κ3) is 1.59. The molecular formula is C8H10FN3O2. The standard InChI is InChI=1S/C8H10FN3O2/c9-7-3-12(2-1-6(7)4-13)8-11-10-5-14-8/h4-7H,1-3H2/t6-,7-/m0/s1. The fraction of sp³-hybridized carbons (Fsp3) is 0.625. The lowest BCUT2D eigenvalue weighted by Gasteiger charge is -2.30. The number of halogens is 1. The van der Waals surface area contributed by atoms with Crippen LogP contribution in [-0.2, 0) is 4.79 Å². The van der Waals surface area contributed by atoms with Crippen LogP contribution in [0.3, 0.4) is 0 Å². The number of carbonyl (C=O) groups is 1. The molecule has 1 saturated heterocycles. The van der Waals surface area contributed by atoms with Crippen molar-refractivity contribution in [1.29, 1.82) is 0 Å². The number of alkyl halides is 1. The van der Waals surface area contributed by atoms with Crippen molar-refractivity contribution >= 4 is 12.3 Å². The zero-order chi connectivity index (χ0) is 9.97. The number of nitrogens with zero attached hydrogens (tertiary/aromatic N) is 3. The quantitative estimate of drug-likeness (QED) is 0.646. The first-order valence-electron chi connectivity index (χ1n) is 4.41. The molecule has 0 N–H and O–H groups in total. The molecule has 1 fully saturated rings. The van der Waals surface area contributed by atoms with Gasteiger partial charge in [-0.1, -0.05) is 5.10 Å². The van der Waals surface area contributed by atoms with E-state index in [9.17, 15) is 9.18 Å². The fourth-order valence-corrected chi connectivity index (χ4v) is 1.56. The topological polar surface area (TPSA) is 59.2 Å². The van der Waals surface area contributed by atoms with Gasteiger partial charge in [0.05, 0.1) is 6.54 Å². The van der Waals surface area contributed by atoms with E-state index in [-0.39, 0.29) is 6.54 Å². The highest BCUT2D eigenvalue weighted by Crippen LogP contribution is 2.22. The van der Waals surface area contributed by atoms with Crippen molar-refractivity contribution in [2.45, 2.75) is 12.6 Å². The monoisotopic (exact) mass is 199 g/mol. The Labute approximate surface area is 79.9 Å². The van der Waals surface area contributed by atoms with Crippen molar-refractivity contribution in [2.24, 2.45) is 5.92 Å². The first-order valence-corrected chi connectivity index (χ1v) is 4.41. The van der Waals surface area contributed by atoms with Gasteiger partial charge in [0, 0.05) is 12.5 Å². The Kier molecular flexibility index (Phi) is 2.43. The van der Waals surface area contributed by atoms with Gasteiger partial charge in [-0.2, -0.15) is 0 Å². The Morgan fingerprint density at radius 1 is 1.71 bits per heavy atom. The molecule has 0 spiro atoms. The molecule has 76 valence electrons. The fourth-order valence-electron chi connectivity index (χ4n) is 1.56. The third-order valence-electron chi connectivity index (χ3n) is 2.39. The molecule has 1 aromatic rings. The third-order valence-corrected chi connectivity index (χ3v) is 2.39. The normalized spacial score (nSPS) is 27.6. The van der Waals surface area contributed by atoms with Crippen LogP contribution in [0.15, 0.2) is 10.8 Å². The van der Waals surface area contributed by atoms with Crippen LogP contribution in [0.1, 0.15) is 6.42 Å². The predicted molar refractivity (Wildman–Crippen MR) is 45.6 cm³/mol. The van der Waals surface area contributed by atoms with Gasteiger partial charge in [-0.25, -0.2) is 4.39 Å². The zero-order valence-corrected chi connectivity index (χ0v) is 7.47. The van der Waals surface area contributed by atoms with Gasteiger partial charge in [0.25, 0.3) is 0 Å². The molecule has 2 heterocycles. The molecule has 5 nitrogen and oxygen atoms in total. The minimum Gasteiger partial charge on any atom is -0.411 e. The van der Waals surface area contributed by atoms with E-state index in [0.29, 0.717) is 25.3 Å². The van der Waals surface area contributed by atoms with Crippen LogP contribution < -0.4 is 4.90 Å². The first kappa shape index (κ1) is 9.11. The highest BCUT2D eigenvalue weighted by atomic mass is 19.1. The summed E-state index contributed by atoms with van der Waals surface area (Å²) in [7, 11) is 0. The van der Waals surface area contributed by atoms with Gasteiger partial charge >= 0.3 is 6.01 Å². The van der Waals surface area contributed by atoms with Crippen molar-refractivity contribution in [3.8, 4) is 0 Å². The molecule has 14 heavy (non-hydrogen) atoms. The summed E-state index contributed by atoms with van der Waals surface area (Å²) in [6.07, 6.45) is 1.23. The zero-order valence-electron chi connectivity index (χ0n) is 7.47. The van der Waals surface area contributed by atoms with Crippen molar-refractivity contribution in [2.75, 3.05) is 18.0 Å². The molecule has 1 aliphatic heterocycles. The van der Waals surface area contributed by atoms with Crippen LogP contribution in [0.25, 0.3) is 0 Å². The van der Waals surface area contributed by atoms with E-state index in [1.807, 2.05) is 0 Å². The van der Waals surface area contributed by atoms with Crippen molar-refractivity contribution < 1.29 is 13.6 Å². The molecule has 1 aromatic heterocycles. The molecule has 0 aliphatic carbocycles. The Balaban J connectivity index is 2.03. The SMILES string of the molecule is O=C[C@@H]1CCN(c2nnco2)C[C@@H]1F. The lowest BCUT2D eigenvalue weighted by atomic mass is 9.97. The molecule has 0 bridgehead atoms. The highest BCUT2D eigenvalue weighted by Gasteiger charge is 2.30. The maximum Gasteiger partial charge on any atom is 0.318 e. The molecule has 0 amide bonds. The maximum atomic E-state index is 13.3. The van der Waals surface area contributed by atoms with Crippen LogP contribution >= 0.6 is 0 Å². The summed E-state index contributed by atoms with van der Waals surface area (Å²) < 4.78 is 18.3. The van der Waals surface area contributed by atoms with E-state index < -0.39 is 12.1 Å². The van der Waals surface area contributed by atoms with E-state index in [4.69, 9.17) is 4.42 Å². The Morgan fingerprint density at radius 2 is 2.57 bits per heavy atom. The molecular weight excluding hydrogens is 189 g/mol. The van der Waals surface area contributed by atoms with E-state index in [1.165, 1.54) is 6.39 Å².